The topological polar surface area (TPSA) is 163 Å². The summed E-state index contributed by atoms with van der Waals surface area (Å²) in [4.78, 5) is 0. The highest BCUT2D eigenvalue weighted by molar-refractivity contribution is 4.98. The van der Waals surface area contributed by atoms with Gasteiger partial charge in [-0.1, -0.05) is 0 Å². The molecule has 0 aromatic rings. The van der Waals surface area contributed by atoms with Gasteiger partial charge in [-0.25, -0.2) is 0 Å². The van der Waals surface area contributed by atoms with Gasteiger partial charge in [0, 0.05) is 12.6 Å². The predicted octanol–water partition coefficient (Wildman–Crippen LogP) is -3.06. The van der Waals surface area contributed by atoms with E-state index in [1.54, 1.807) is 0 Å². The highest BCUT2D eigenvalue weighted by Crippen LogP contribution is 2.26. The molecule has 8 nitrogen and oxygen atoms in total. The van der Waals surface area contributed by atoms with Crippen LogP contribution in [0.25, 0.3) is 0 Å². The monoisotopic (exact) mass is 290 g/mol. The summed E-state index contributed by atoms with van der Waals surface area (Å²) in [5, 5.41) is 19.8. The number of aliphatic hydroxyl groups is 2. The SMILES string of the molecule is NC[C@@H]1CC[C@@H](N)[C@@H](O[C@H]2[C@H](O)[C@@H](N)[C@H](O)C[C@@H]2N)O1. The average molecular weight is 290 g/mol. The molecule has 0 spiro atoms. The van der Waals surface area contributed by atoms with Crippen LogP contribution in [0.5, 0.6) is 0 Å². The Morgan fingerprint density at radius 2 is 1.80 bits per heavy atom. The minimum atomic E-state index is -1.05. The molecule has 0 amide bonds. The van der Waals surface area contributed by atoms with Crippen LogP contribution in [-0.2, 0) is 9.47 Å². The van der Waals surface area contributed by atoms with Gasteiger partial charge in [0.2, 0.25) is 0 Å². The van der Waals surface area contributed by atoms with Crippen LogP contribution in [0.15, 0.2) is 0 Å². The van der Waals surface area contributed by atoms with Crippen LogP contribution in [0.2, 0.25) is 0 Å². The van der Waals surface area contributed by atoms with Gasteiger partial charge in [-0.15, -0.1) is 0 Å². The van der Waals surface area contributed by atoms with Gasteiger partial charge in [-0.05, 0) is 19.3 Å². The molecule has 0 radical (unpaired) electrons. The van der Waals surface area contributed by atoms with E-state index < -0.39 is 36.7 Å². The fraction of sp³-hybridized carbons (Fsp3) is 1.00. The maximum absolute atomic E-state index is 10.1. The van der Waals surface area contributed by atoms with Gasteiger partial charge in [-0.3, -0.25) is 0 Å². The van der Waals surface area contributed by atoms with Crippen molar-refractivity contribution in [2.24, 2.45) is 22.9 Å². The Bertz CT molecular complexity index is 322. The smallest absolute Gasteiger partial charge is 0.173 e. The highest BCUT2D eigenvalue weighted by atomic mass is 16.7. The van der Waals surface area contributed by atoms with Crippen LogP contribution in [0.1, 0.15) is 19.3 Å². The van der Waals surface area contributed by atoms with Crippen molar-refractivity contribution in [2.75, 3.05) is 6.54 Å². The number of nitrogens with two attached hydrogens (primary N) is 4. The van der Waals surface area contributed by atoms with Crippen molar-refractivity contribution in [1.82, 2.24) is 0 Å². The molecule has 1 saturated carbocycles. The second-order valence-corrected chi connectivity index (χ2v) is 5.74. The van der Waals surface area contributed by atoms with Gasteiger partial charge in [0.25, 0.3) is 0 Å². The molecule has 1 heterocycles. The minimum Gasteiger partial charge on any atom is -0.391 e. The van der Waals surface area contributed by atoms with Crippen molar-refractivity contribution in [1.29, 1.82) is 0 Å². The van der Waals surface area contributed by atoms with Crippen LogP contribution in [0.4, 0.5) is 0 Å². The summed E-state index contributed by atoms with van der Waals surface area (Å²) in [6.07, 6.45) is -1.57. The molecule has 2 rings (SSSR count). The summed E-state index contributed by atoms with van der Waals surface area (Å²) in [5.41, 5.74) is 23.2. The maximum atomic E-state index is 10.1. The standard InChI is InChI=1S/C12H26N4O4/c13-4-5-1-2-6(14)12(19-5)20-11-7(15)3-8(17)9(16)10(11)18/h5-12,17-18H,1-4,13-16H2/t5-,6+,7-,8+,9-,10+,11+,12+/m0/s1. The van der Waals surface area contributed by atoms with Crippen LogP contribution in [0.3, 0.4) is 0 Å². The number of hydrogen-bond donors (Lipinski definition) is 6. The van der Waals surface area contributed by atoms with Crippen molar-refractivity contribution < 1.29 is 19.7 Å². The molecule has 1 aliphatic heterocycles. The Hall–Kier alpha value is -0.320. The Morgan fingerprint density at radius 3 is 2.45 bits per heavy atom. The zero-order valence-electron chi connectivity index (χ0n) is 11.5. The molecule has 2 fully saturated rings. The predicted molar refractivity (Wildman–Crippen MR) is 72.4 cm³/mol. The molecular weight excluding hydrogens is 264 g/mol. The van der Waals surface area contributed by atoms with Gasteiger partial charge in [0.1, 0.15) is 6.10 Å². The first-order chi connectivity index (χ1) is 9.43. The molecule has 8 heteroatoms. The van der Waals surface area contributed by atoms with Crippen LogP contribution < -0.4 is 22.9 Å². The Balaban J connectivity index is 2.00. The first kappa shape index (κ1) is 16.1. The van der Waals surface area contributed by atoms with E-state index in [1.807, 2.05) is 0 Å². The zero-order valence-corrected chi connectivity index (χ0v) is 11.5. The lowest BCUT2D eigenvalue weighted by Gasteiger charge is -2.43. The third-order valence-electron chi connectivity index (χ3n) is 4.16. The molecule has 8 atom stereocenters. The molecule has 0 unspecified atom stereocenters. The van der Waals surface area contributed by atoms with E-state index in [0.717, 1.165) is 12.8 Å². The van der Waals surface area contributed by atoms with Crippen LogP contribution in [-0.4, -0.2) is 65.6 Å². The minimum absolute atomic E-state index is 0.101. The fourth-order valence-corrected chi connectivity index (χ4v) is 2.79. The summed E-state index contributed by atoms with van der Waals surface area (Å²) in [7, 11) is 0. The Labute approximate surface area is 118 Å². The van der Waals surface area contributed by atoms with Gasteiger partial charge in [0.15, 0.2) is 6.29 Å². The largest absolute Gasteiger partial charge is 0.391 e. The zero-order chi connectivity index (χ0) is 14.9. The Morgan fingerprint density at radius 1 is 1.10 bits per heavy atom. The lowest BCUT2D eigenvalue weighted by atomic mass is 9.84. The van der Waals surface area contributed by atoms with E-state index in [0.29, 0.717) is 6.54 Å². The maximum Gasteiger partial charge on any atom is 0.173 e. The summed E-state index contributed by atoms with van der Waals surface area (Å²) in [5.74, 6) is 0. The second-order valence-electron chi connectivity index (χ2n) is 5.74. The van der Waals surface area contributed by atoms with Crippen molar-refractivity contribution >= 4 is 0 Å². The molecule has 1 saturated heterocycles. The fourth-order valence-electron chi connectivity index (χ4n) is 2.79. The molecule has 10 N–H and O–H groups in total. The van der Waals surface area contributed by atoms with Crippen molar-refractivity contribution in [3.8, 4) is 0 Å². The molecule has 0 bridgehead atoms. The number of hydrogen-bond acceptors (Lipinski definition) is 8. The summed E-state index contributed by atoms with van der Waals surface area (Å²) in [6, 6.07) is -1.60. The van der Waals surface area contributed by atoms with Crippen molar-refractivity contribution in [3.63, 3.8) is 0 Å². The van der Waals surface area contributed by atoms with Gasteiger partial charge < -0.3 is 42.6 Å². The number of ether oxygens (including phenoxy) is 2. The third kappa shape index (κ3) is 3.29. The van der Waals surface area contributed by atoms with Gasteiger partial charge in [0.05, 0.1) is 30.4 Å². The lowest BCUT2D eigenvalue weighted by Crippen LogP contribution is -2.64. The summed E-state index contributed by atoms with van der Waals surface area (Å²) in [6.45, 7) is 0.393. The van der Waals surface area contributed by atoms with Crippen LogP contribution in [0, 0.1) is 0 Å². The highest BCUT2D eigenvalue weighted by Gasteiger charge is 2.43. The van der Waals surface area contributed by atoms with E-state index in [-0.39, 0.29) is 18.6 Å². The first-order valence-electron chi connectivity index (χ1n) is 7.08. The molecule has 0 aromatic heterocycles. The van der Waals surface area contributed by atoms with Gasteiger partial charge >= 0.3 is 0 Å². The van der Waals surface area contributed by atoms with Gasteiger partial charge in [-0.2, -0.15) is 0 Å². The van der Waals surface area contributed by atoms with Crippen LogP contribution >= 0.6 is 0 Å². The average Bonchev–Trinajstić information content (AvgIpc) is 2.43. The van der Waals surface area contributed by atoms with E-state index in [4.69, 9.17) is 32.4 Å². The summed E-state index contributed by atoms with van der Waals surface area (Å²) < 4.78 is 11.4. The van der Waals surface area contributed by atoms with E-state index in [9.17, 15) is 10.2 Å². The third-order valence-corrected chi connectivity index (χ3v) is 4.16. The summed E-state index contributed by atoms with van der Waals surface area (Å²) >= 11 is 0. The number of aliphatic hydroxyl groups excluding tert-OH is 2. The molecule has 118 valence electrons. The van der Waals surface area contributed by atoms with E-state index >= 15 is 0 Å². The normalized spacial score (nSPS) is 50.1. The second kappa shape index (κ2) is 6.63. The lowest BCUT2D eigenvalue weighted by molar-refractivity contribution is -0.247. The quantitative estimate of drug-likeness (QED) is 0.319. The molecule has 1 aliphatic carbocycles. The number of rotatable bonds is 3. The first-order valence-corrected chi connectivity index (χ1v) is 7.08. The molecule has 20 heavy (non-hydrogen) atoms. The molecule has 2 aliphatic rings. The van der Waals surface area contributed by atoms with E-state index in [1.165, 1.54) is 0 Å². The van der Waals surface area contributed by atoms with Crippen molar-refractivity contribution in [2.45, 2.75) is 68.1 Å². The van der Waals surface area contributed by atoms with E-state index in [2.05, 4.69) is 0 Å². The molecular formula is C12H26N4O4. The molecule has 0 aromatic carbocycles. The van der Waals surface area contributed by atoms with Crippen molar-refractivity contribution in [3.05, 3.63) is 0 Å². The Kier molecular flexibility index (Phi) is 5.32.